The highest BCUT2D eigenvalue weighted by molar-refractivity contribution is 7.16. The quantitative estimate of drug-likeness (QED) is 0.702. The third-order valence-corrected chi connectivity index (χ3v) is 3.22. The Hall–Kier alpha value is -2.45. The van der Waals surface area contributed by atoms with E-state index in [1.165, 1.54) is 17.7 Å². The normalized spacial score (nSPS) is 10.2. The molecule has 1 aromatic carbocycles. The monoisotopic (exact) mass is 253 g/mol. The Kier molecular flexibility index (Phi) is 2.63. The molecular formula is C13H7N3OS. The fourth-order valence-corrected chi connectivity index (χ4v) is 2.31. The molecular weight excluding hydrogens is 246 g/mol. The second-order valence-corrected chi connectivity index (χ2v) is 4.45. The molecule has 0 radical (unpaired) electrons. The van der Waals surface area contributed by atoms with Gasteiger partial charge in [0.1, 0.15) is 16.9 Å². The van der Waals surface area contributed by atoms with Crippen molar-refractivity contribution in [2.45, 2.75) is 0 Å². The van der Waals surface area contributed by atoms with Crippen molar-refractivity contribution < 1.29 is 4.74 Å². The molecule has 86 valence electrons. The first-order valence-corrected chi connectivity index (χ1v) is 6.11. The van der Waals surface area contributed by atoms with Crippen molar-refractivity contribution in [1.82, 2.24) is 9.97 Å². The molecule has 5 heteroatoms. The van der Waals surface area contributed by atoms with Gasteiger partial charge in [-0.25, -0.2) is 9.97 Å². The Morgan fingerprint density at radius 3 is 3.06 bits per heavy atom. The van der Waals surface area contributed by atoms with E-state index in [4.69, 9.17) is 10.00 Å². The summed E-state index contributed by atoms with van der Waals surface area (Å²) in [5.74, 6) is 1.11. The van der Waals surface area contributed by atoms with Gasteiger partial charge in [0.05, 0.1) is 17.0 Å². The summed E-state index contributed by atoms with van der Waals surface area (Å²) in [6.07, 6.45) is 1.47. The molecule has 0 amide bonds. The highest BCUT2D eigenvalue weighted by Gasteiger charge is 2.07. The van der Waals surface area contributed by atoms with Gasteiger partial charge in [0.2, 0.25) is 5.88 Å². The zero-order chi connectivity index (χ0) is 12.4. The molecule has 3 aromatic rings. The SMILES string of the molecule is N#Cc1cccc(Oc2ncnc3sccc23)c1. The first-order valence-electron chi connectivity index (χ1n) is 5.23. The van der Waals surface area contributed by atoms with Gasteiger partial charge >= 0.3 is 0 Å². The van der Waals surface area contributed by atoms with Crippen LogP contribution in [-0.2, 0) is 0 Å². The lowest BCUT2D eigenvalue weighted by atomic mass is 10.2. The summed E-state index contributed by atoms with van der Waals surface area (Å²) in [5.41, 5.74) is 0.558. The van der Waals surface area contributed by atoms with Crippen LogP contribution in [0.5, 0.6) is 11.6 Å². The highest BCUT2D eigenvalue weighted by atomic mass is 32.1. The van der Waals surface area contributed by atoms with E-state index in [0.29, 0.717) is 17.2 Å². The van der Waals surface area contributed by atoms with Crippen LogP contribution in [0.1, 0.15) is 5.56 Å². The number of hydrogen-bond donors (Lipinski definition) is 0. The van der Waals surface area contributed by atoms with Crippen molar-refractivity contribution in [3.63, 3.8) is 0 Å². The lowest BCUT2D eigenvalue weighted by molar-refractivity contribution is 0.468. The Balaban J connectivity index is 2.01. The number of nitrogens with zero attached hydrogens (tertiary/aromatic N) is 3. The Morgan fingerprint density at radius 1 is 1.22 bits per heavy atom. The summed E-state index contributed by atoms with van der Waals surface area (Å²) >= 11 is 1.54. The first-order chi connectivity index (χ1) is 8.86. The average Bonchev–Trinajstić information content (AvgIpc) is 2.88. The van der Waals surface area contributed by atoms with E-state index in [1.807, 2.05) is 11.4 Å². The second-order valence-electron chi connectivity index (χ2n) is 3.56. The molecule has 0 aliphatic carbocycles. The van der Waals surface area contributed by atoms with Crippen molar-refractivity contribution in [3.8, 4) is 17.7 Å². The summed E-state index contributed by atoms with van der Waals surface area (Å²) < 4.78 is 5.70. The van der Waals surface area contributed by atoms with Gasteiger partial charge in [-0.2, -0.15) is 5.26 Å². The summed E-state index contributed by atoms with van der Waals surface area (Å²) in [7, 11) is 0. The minimum Gasteiger partial charge on any atom is -0.438 e. The molecule has 0 unspecified atom stereocenters. The minimum absolute atomic E-state index is 0.510. The largest absolute Gasteiger partial charge is 0.438 e. The van der Waals surface area contributed by atoms with Gasteiger partial charge < -0.3 is 4.74 Å². The number of aromatic nitrogens is 2. The molecule has 2 heterocycles. The van der Waals surface area contributed by atoms with Gasteiger partial charge in [-0.3, -0.25) is 0 Å². The van der Waals surface area contributed by atoms with Crippen LogP contribution in [0, 0.1) is 11.3 Å². The Bertz CT molecular complexity index is 745. The van der Waals surface area contributed by atoms with Crippen LogP contribution < -0.4 is 4.74 Å². The van der Waals surface area contributed by atoms with E-state index in [2.05, 4.69) is 16.0 Å². The van der Waals surface area contributed by atoms with Crippen LogP contribution in [0.15, 0.2) is 42.0 Å². The summed E-state index contributed by atoms with van der Waals surface area (Å²) in [6, 6.07) is 11.0. The molecule has 0 saturated carbocycles. The number of rotatable bonds is 2. The fraction of sp³-hybridized carbons (Fsp3) is 0. The Morgan fingerprint density at radius 2 is 2.17 bits per heavy atom. The van der Waals surface area contributed by atoms with E-state index in [9.17, 15) is 0 Å². The van der Waals surface area contributed by atoms with Gasteiger partial charge in [0.15, 0.2) is 0 Å². The molecule has 0 atom stereocenters. The molecule has 18 heavy (non-hydrogen) atoms. The van der Waals surface area contributed by atoms with Crippen LogP contribution in [0.4, 0.5) is 0 Å². The molecule has 0 aliphatic rings. The van der Waals surface area contributed by atoms with Gasteiger partial charge in [0, 0.05) is 0 Å². The second kappa shape index (κ2) is 4.43. The van der Waals surface area contributed by atoms with E-state index in [-0.39, 0.29) is 0 Å². The molecule has 0 saturated heterocycles. The van der Waals surface area contributed by atoms with Gasteiger partial charge in [0.25, 0.3) is 0 Å². The van der Waals surface area contributed by atoms with Crippen molar-refractivity contribution in [1.29, 1.82) is 5.26 Å². The molecule has 0 spiro atoms. The number of nitriles is 1. The fourth-order valence-electron chi connectivity index (χ4n) is 1.59. The number of hydrogen-bond acceptors (Lipinski definition) is 5. The molecule has 4 nitrogen and oxygen atoms in total. The summed E-state index contributed by atoms with van der Waals surface area (Å²) in [5, 5.41) is 11.7. The molecule has 2 aromatic heterocycles. The van der Waals surface area contributed by atoms with Gasteiger partial charge in [-0.05, 0) is 29.6 Å². The van der Waals surface area contributed by atoms with E-state index in [0.717, 1.165) is 10.2 Å². The zero-order valence-electron chi connectivity index (χ0n) is 9.20. The maximum Gasteiger partial charge on any atom is 0.231 e. The third-order valence-electron chi connectivity index (χ3n) is 2.40. The highest BCUT2D eigenvalue weighted by Crippen LogP contribution is 2.29. The van der Waals surface area contributed by atoms with Crippen molar-refractivity contribution >= 4 is 21.6 Å². The zero-order valence-corrected chi connectivity index (χ0v) is 10.0. The molecule has 0 aliphatic heterocycles. The van der Waals surface area contributed by atoms with Crippen LogP contribution in [0.2, 0.25) is 0 Å². The molecule has 3 rings (SSSR count). The van der Waals surface area contributed by atoms with Crippen molar-refractivity contribution in [2.24, 2.45) is 0 Å². The van der Waals surface area contributed by atoms with Crippen molar-refractivity contribution in [3.05, 3.63) is 47.6 Å². The minimum atomic E-state index is 0.510. The number of thiophene rings is 1. The van der Waals surface area contributed by atoms with E-state index < -0.39 is 0 Å². The number of ether oxygens (including phenoxy) is 1. The topological polar surface area (TPSA) is 58.8 Å². The van der Waals surface area contributed by atoms with E-state index >= 15 is 0 Å². The predicted octanol–water partition coefficient (Wildman–Crippen LogP) is 3.36. The standard InChI is InChI=1S/C13H7N3OS/c14-7-9-2-1-3-10(6-9)17-12-11-4-5-18-13(11)16-8-15-12/h1-6,8H. The maximum atomic E-state index is 8.84. The van der Waals surface area contributed by atoms with E-state index in [1.54, 1.807) is 24.3 Å². The predicted molar refractivity (Wildman–Crippen MR) is 68.6 cm³/mol. The first kappa shape index (κ1) is 10.7. The molecule has 0 N–H and O–H groups in total. The number of fused-ring (bicyclic) bond motifs is 1. The maximum absolute atomic E-state index is 8.84. The average molecular weight is 253 g/mol. The number of benzene rings is 1. The van der Waals surface area contributed by atoms with Crippen LogP contribution in [0.3, 0.4) is 0 Å². The lowest BCUT2D eigenvalue weighted by Crippen LogP contribution is -1.89. The molecule has 0 bridgehead atoms. The van der Waals surface area contributed by atoms with Crippen molar-refractivity contribution in [2.75, 3.05) is 0 Å². The molecule has 0 fully saturated rings. The third kappa shape index (κ3) is 1.90. The van der Waals surface area contributed by atoms with Crippen LogP contribution in [-0.4, -0.2) is 9.97 Å². The lowest BCUT2D eigenvalue weighted by Gasteiger charge is -2.05. The van der Waals surface area contributed by atoms with Crippen LogP contribution >= 0.6 is 11.3 Å². The van der Waals surface area contributed by atoms with Gasteiger partial charge in [-0.15, -0.1) is 11.3 Å². The van der Waals surface area contributed by atoms with Gasteiger partial charge in [-0.1, -0.05) is 6.07 Å². The smallest absolute Gasteiger partial charge is 0.231 e. The summed E-state index contributed by atoms with van der Waals surface area (Å²) in [6.45, 7) is 0. The Labute approximate surface area is 107 Å². The van der Waals surface area contributed by atoms with Crippen LogP contribution in [0.25, 0.3) is 10.2 Å². The summed E-state index contributed by atoms with van der Waals surface area (Å²) in [4.78, 5) is 9.16.